The molecule has 1 aliphatic heterocycles. The molecule has 0 saturated carbocycles. The molecule has 33 heavy (non-hydrogen) atoms. The third-order valence-corrected chi connectivity index (χ3v) is 6.01. The van der Waals surface area contributed by atoms with E-state index in [1.165, 1.54) is 13.8 Å². The van der Waals surface area contributed by atoms with E-state index in [4.69, 9.17) is 9.47 Å². The summed E-state index contributed by atoms with van der Waals surface area (Å²) >= 11 is 0. The van der Waals surface area contributed by atoms with E-state index >= 15 is 0 Å². The molecule has 0 amide bonds. The third kappa shape index (κ3) is 4.16. The Morgan fingerprint density at radius 2 is 1.82 bits per heavy atom. The number of hydrogen-bond acceptors (Lipinski definition) is 4. The van der Waals surface area contributed by atoms with Crippen LogP contribution in [0, 0.1) is 24.5 Å². The number of aryl methyl sites for hydroxylation is 1. The number of halogens is 7. The van der Waals surface area contributed by atoms with E-state index in [-0.39, 0.29) is 17.0 Å². The Morgan fingerprint density at radius 3 is 2.33 bits per heavy atom. The SMILES string of the molecule is COc1c([C@H]2[C@H](c3cc(=O)c(OC(F)F)c(C)[nH]3)O[C@@](C)(C(F)(F)F)[C@H]2C)ccc(F)c1F. The zero-order chi connectivity index (χ0) is 24.9. The lowest BCUT2D eigenvalue weighted by Gasteiger charge is -2.32. The van der Waals surface area contributed by atoms with Crippen LogP contribution in [-0.4, -0.2) is 30.5 Å². The lowest BCUT2D eigenvalue weighted by Crippen LogP contribution is -2.46. The van der Waals surface area contributed by atoms with Crippen LogP contribution in [0.4, 0.5) is 30.7 Å². The van der Waals surface area contributed by atoms with Gasteiger partial charge < -0.3 is 19.2 Å². The first-order valence-electron chi connectivity index (χ1n) is 9.68. The molecule has 0 bridgehead atoms. The second-order valence-electron chi connectivity index (χ2n) is 7.86. The Bertz CT molecular complexity index is 1100. The Morgan fingerprint density at radius 1 is 1.18 bits per heavy atom. The minimum atomic E-state index is -4.88. The summed E-state index contributed by atoms with van der Waals surface area (Å²) in [4.78, 5) is 14.9. The molecule has 1 aromatic heterocycles. The fraction of sp³-hybridized carbons (Fsp3) is 0.476. The number of aromatic nitrogens is 1. The summed E-state index contributed by atoms with van der Waals surface area (Å²) in [7, 11) is 1.03. The van der Waals surface area contributed by atoms with Gasteiger partial charge in [-0.3, -0.25) is 4.79 Å². The molecule has 2 aromatic rings. The van der Waals surface area contributed by atoms with Crippen LogP contribution in [-0.2, 0) is 4.74 Å². The average Bonchev–Trinajstić information content (AvgIpc) is 2.98. The zero-order valence-corrected chi connectivity index (χ0v) is 17.8. The molecular weight excluding hydrogens is 463 g/mol. The summed E-state index contributed by atoms with van der Waals surface area (Å²) < 4.78 is 110. The minimum absolute atomic E-state index is 0.117. The predicted octanol–water partition coefficient (Wildman–Crippen LogP) is 5.38. The van der Waals surface area contributed by atoms with Gasteiger partial charge in [0.05, 0.1) is 12.8 Å². The predicted molar refractivity (Wildman–Crippen MR) is 102 cm³/mol. The van der Waals surface area contributed by atoms with E-state index in [2.05, 4.69) is 9.72 Å². The number of hydrogen-bond donors (Lipinski definition) is 1. The lowest BCUT2D eigenvalue weighted by molar-refractivity contribution is -0.275. The first-order valence-corrected chi connectivity index (χ1v) is 9.68. The van der Waals surface area contributed by atoms with Crippen LogP contribution in [0.2, 0.25) is 0 Å². The Kier molecular flexibility index (Phi) is 6.44. The quantitative estimate of drug-likeness (QED) is 0.580. The van der Waals surface area contributed by atoms with Crippen LogP contribution < -0.4 is 14.9 Å². The number of H-pyrrole nitrogens is 1. The van der Waals surface area contributed by atoms with Crippen LogP contribution in [0.1, 0.15) is 42.8 Å². The summed E-state index contributed by atoms with van der Waals surface area (Å²) in [6.07, 6.45) is -6.39. The van der Waals surface area contributed by atoms with Gasteiger partial charge in [-0.1, -0.05) is 13.0 Å². The summed E-state index contributed by atoms with van der Waals surface area (Å²) in [6.45, 7) is -0.0584. The minimum Gasteiger partial charge on any atom is -0.493 e. The molecule has 5 nitrogen and oxygen atoms in total. The number of aromatic amines is 1. The molecule has 3 rings (SSSR count). The monoisotopic (exact) mass is 483 g/mol. The topological polar surface area (TPSA) is 60.5 Å². The smallest absolute Gasteiger partial charge is 0.417 e. The number of rotatable bonds is 5. The lowest BCUT2D eigenvalue weighted by atomic mass is 9.76. The van der Waals surface area contributed by atoms with Crippen LogP contribution in [0.3, 0.4) is 0 Å². The summed E-state index contributed by atoms with van der Waals surface area (Å²) in [6, 6.07) is 2.60. The van der Waals surface area contributed by atoms with E-state index in [1.807, 2.05) is 0 Å². The summed E-state index contributed by atoms with van der Waals surface area (Å²) in [5.74, 6) is -6.61. The van der Waals surface area contributed by atoms with Gasteiger partial charge in [-0.15, -0.1) is 0 Å². The average molecular weight is 483 g/mol. The van der Waals surface area contributed by atoms with E-state index in [9.17, 15) is 35.5 Å². The van der Waals surface area contributed by atoms with Gasteiger partial charge in [0.25, 0.3) is 0 Å². The fourth-order valence-corrected chi connectivity index (χ4v) is 4.17. The van der Waals surface area contributed by atoms with Crippen LogP contribution in [0.5, 0.6) is 11.5 Å². The number of benzene rings is 1. The molecule has 182 valence electrons. The molecule has 12 heteroatoms. The molecule has 0 aliphatic carbocycles. The molecule has 1 aliphatic rings. The standard InChI is InChI=1S/C21H20F7NO4/c1-8-14(10-5-6-11(22)15(23)17(10)31-4)18(33-20(8,3)21(26,27)28)12-7-13(30)16(9(2)29-12)32-19(24)25/h5-8,14,18-19H,1-4H3,(H,29,30)/t8-,14-,18-,20+/m0/s1. The number of alkyl halides is 5. The molecule has 2 heterocycles. The third-order valence-electron chi connectivity index (χ3n) is 6.01. The zero-order valence-electron chi connectivity index (χ0n) is 17.8. The molecule has 4 atom stereocenters. The van der Waals surface area contributed by atoms with E-state index in [0.717, 1.165) is 32.2 Å². The fourth-order valence-electron chi connectivity index (χ4n) is 4.17. The van der Waals surface area contributed by atoms with Gasteiger partial charge in [0.1, 0.15) is 6.10 Å². The number of nitrogens with one attached hydrogen (secondary N) is 1. The number of ether oxygens (including phenoxy) is 3. The Hall–Kier alpha value is -2.76. The van der Waals surface area contributed by atoms with Gasteiger partial charge in [0, 0.05) is 29.2 Å². The van der Waals surface area contributed by atoms with Crippen LogP contribution >= 0.6 is 0 Å². The second kappa shape index (κ2) is 8.54. The van der Waals surface area contributed by atoms with E-state index in [0.29, 0.717) is 0 Å². The van der Waals surface area contributed by atoms with Crippen molar-refractivity contribution in [2.24, 2.45) is 5.92 Å². The van der Waals surface area contributed by atoms with Crippen molar-refractivity contribution < 1.29 is 44.9 Å². The van der Waals surface area contributed by atoms with Gasteiger partial charge >= 0.3 is 12.8 Å². The molecule has 1 N–H and O–H groups in total. The second-order valence-corrected chi connectivity index (χ2v) is 7.86. The molecule has 0 unspecified atom stereocenters. The van der Waals surface area contributed by atoms with Gasteiger partial charge in [0.15, 0.2) is 22.9 Å². The Balaban J connectivity index is 2.23. The molecule has 1 aromatic carbocycles. The van der Waals surface area contributed by atoms with Crippen molar-refractivity contribution in [2.45, 2.75) is 51.2 Å². The maximum absolute atomic E-state index is 14.4. The number of methoxy groups -OCH3 is 1. The summed E-state index contributed by atoms with van der Waals surface area (Å²) in [5.41, 5.74) is -4.25. The van der Waals surface area contributed by atoms with Crippen molar-refractivity contribution in [1.82, 2.24) is 4.98 Å². The van der Waals surface area contributed by atoms with Crippen LogP contribution in [0.15, 0.2) is 23.0 Å². The van der Waals surface area contributed by atoms with Gasteiger partial charge in [0.2, 0.25) is 11.2 Å². The first-order chi connectivity index (χ1) is 15.2. The largest absolute Gasteiger partial charge is 0.493 e. The maximum atomic E-state index is 14.4. The van der Waals surface area contributed by atoms with Gasteiger partial charge in [-0.25, -0.2) is 4.39 Å². The highest BCUT2D eigenvalue weighted by Gasteiger charge is 2.65. The van der Waals surface area contributed by atoms with Crippen molar-refractivity contribution >= 4 is 0 Å². The van der Waals surface area contributed by atoms with E-state index < -0.39 is 64.9 Å². The normalized spacial score (nSPS) is 25.5. The highest BCUT2D eigenvalue weighted by atomic mass is 19.4. The molecule has 1 fully saturated rings. The van der Waals surface area contributed by atoms with Gasteiger partial charge in [-0.2, -0.15) is 26.3 Å². The van der Waals surface area contributed by atoms with Crippen molar-refractivity contribution in [3.05, 3.63) is 57.0 Å². The highest BCUT2D eigenvalue weighted by Crippen LogP contribution is 2.59. The molecule has 0 spiro atoms. The van der Waals surface area contributed by atoms with E-state index in [1.54, 1.807) is 0 Å². The van der Waals surface area contributed by atoms with Crippen molar-refractivity contribution in [3.8, 4) is 11.5 Å². The summed E-state index contributed by atoms with van der Waals surface area (Å²) in [5, 5.41) is 0. The number of pyridine rings is 1. The maximum Gasteiger partial charge on any atom is 0.417 e. The molecule has 1 saturated heterocycles. The highest BCUT2D eigenvalue weighted by molar-refractivity contribution is 5.42. The Labute approximate surface area is 183 Å². The van der Waals surface area contributed by atoms with Crippen LogP contribution in [0.25, 0.3) is 0 Å². The molecular formula is C21H20F7NO4. The molecule has 0 radical (unpaired) electrons. The van der Waals surface area contributed by atoms with Crippen molar-refractivity contribution in [3.63, 3.8) is 0 Å². The van der Waals surface area contributed by atoms with Gasteiger partial charge in [-0.05, 0) is 19.9 Å². The van der Waals surface area contributed by atoms with Crippen molar-refractivity contribution in [2.75, 3.05) is 7.11 Å². The van der Waals surface area contributed by atoms with Crippen molar-refractivity contribution in [1.29, 1.82) is 0 Å². The first kappa shape index (κ1) is 24.9.